The van der Waals surface area contributed by atoms with E-state index in [1.165, 1.54) is 10.9 Å². The SMILES string of the molecule is Cc1cccc2cc(-c3cnc(CCN)cn3)[nH]c12. The molecular formula is C15H16N4. The van der Waals surface area contributed by atoms with Gasteiger partial charge in [0, 0.05) is 23.5 Å². The minimum Gasteiger partial charge on any atom is -0.353 e. The molecule has 0 saturated carbocycles. The molecule has 3 rings (SSSR count). The fraction of sp³-hybridized carbons (Fsp3) is 0.200. The normalized spacial score (nSPS) is 11.1. The van der Waals surface area contributed by atoms with E-state index in [2.05, 4.69) is 46.1 Å². The molecule has 0 fully saturated rings. The van der Waals surface area contributed by atoms with Gasteiger partial charge in [-0.3, -0.25) is 9.97 Å². The van der Waals surface area contributed by atoms with Crippen LogP contribution < -0.4 is 5.73 Å². The van der Waals surface area contributed by atoms with Crippen LogP contribution in [0.4, 0.5) is 0 Å². The number of aromatic amines is 1. The molecule has 0 aliphatic rings. The number of rotatable bonds is 3. The molecule has 4 heteroatoms. The van der Waals surface area contributed by atoms with Gasteiger partial charge in [0.15, 0.2) is 0 Å². The monoisotopic (exact) mass is 252 g/mol. The topological polar surface area (TPSA) is 67.6 Å². The molecule has 0 bridgehead atoms. The Balaban J connectivity index is 2.01. The van der Waals surface area contributed by atoms with Gasteiger partial charge >= 0.3 is 0 Å². The Morgan fingerprint density at radius 3 is 2.79 bits per heavy atom. The fourth-order valence-corrected chi connectivity index (χ4v) is 2.22. The summed E-state index contributed by atoms with van der Waals surface area (Å²) in [5, 5.41) is 1.20. The van der Waals surface area contributed by atoms with Crippen molar-refractivity contribution in [1.82, 2.24) is 15.0 Å². The van der Waals surface area contributed by atoms with Crippen LogP contribution in [0.3, 0.4) is 0 Å². The zero-order chi connectivity index (χ0) is 13.2. The zero-order valence-electron chi connectivity index (χ0n) is 10.9. The molecule has 3 N–H and O–H groups in total. The summed E-state index contributed by atoms with van der Waals surface area (Å²) in [6.07, 6.45) is 4.35. The molecule has 0 spiro atoms. The van der Waals surface area contributed by atoms with E-state index >= 15 is 0 Å². The summed E-state index contributed by atoms with van der Waals surface area (Å²) in [5.41, 5.74) is 10.7. The summed E-state index contributed by atoms with van der Waals surface area (Å²) in [5.74, 6) is 0. The second kappa shape index (κ2) is 4.82. The standard InChI is InChI=1S/C15H16N4/c1-10-3-2-4-11-7-13(19-15(10)11)14-9-17-12(5-6-16)8-18-14/h2-4,7-9,19H,5-6,16H2,1H3. The van der Waals surface area contributed by atoms with Crippen LogP contribution in [0, 0.1) is 6.92 Å². The Labute approximate surface area is 111 Å². The first-order chi connectivity index (χ1) is 9.28. The average molecular weight is 252 g/mol. The van der Waals surface area contributed by atoms with E-state index in [4.69, 9.17) is 5.73 Å². The number of benzene rings is 1. The fourth-order valence-electron chi connectivity index (χ4n) is 2.22. The van der Waals surface area contributed by atoms with Crippen LogP contribution in [0.2, 0.25) is 0 Å². The Bertz CT molecular complexity index is 698. The average Bonchev–Trinajstić information content (AvgIpc) is 2.85. The van der Waals surface area contributed by atoms with Crippen molar-refractivity contribution in [3.05, 3.63) is 47.9 Å². The van der Waals surface area contributed by atoms with Crippen LogP contribution in [0.25, 0.3) is 22.3 Å². The van der Waals surface area contributed by atoms with Crippen LogP contribution in [0.15, 0.2) is 36.7 Å². The first kappa shape index (κ1) is 11.9. The van der Waals surface area contributed by atoms with Gasteiger partial charge in [-0.05, 0) is 25.1 Å². The van der Waals surface area contributed by atoms with Crippen LogP contribution >= 0.6 is 0 Å². The highest BCUT2D eigenvalue weighted by molar-refractivity contribution is 5.87. The van der Waals surface area contributed by atoms with E-state index in [0.29, 0.717) is 6.54 Å². The van der Waals surface area contributed by atoms with Crippen molar-refractivity contribution < 1.29 is 0 Å². The molecular weight excluding hydrogens is 236 g/mol. The van der Waals surface area contributed by atoms with Gasteiger partial charge in [0.1, 0.15) is 5.69 Å². The third kappa shape index (κ3) is 2.22. The third-order valence-corrected chi connectivity index (χ3v) is 3.25. The van der Waals surface area contributed by atoms with Crippen molar-refractivity contribution in [2.75, 3.05) is 6.54 Å². The second-order valence-corrected chi connectivity index (χ2v) is 4.65. The number of aromatic nitrogens is 3. The Morgan fingerprint density at radius 2 is 2.11 bits per heavy atom. The lowest BCUT2D eigenvalue weighted by Gasteiger charge is -1.99. The van der Waals surface area contributed by atoms with E-state index in [1.54, 1.807) is 12.4 Å². The first-order valence-corrected chi connectivity index (χ1v) is 6.37. The molecule has 1 aromatic carbocycles. The largest absolute Gasteiger partial charge is 0.353 e. The maximum atomic E-state index is 5.50. The quantitative estimate of drug-likeness (QED) is 0.752. The first-order valence-electron chi connectivity index (χ1n) is 6.37. The summed E-state index contributed by atoms with van der Waals surface area (Å²) in [6, 6.07) is 8.36. The molecule has 0 radical (unpaired) electrons. The Morgan fingerprint density at radius 1 is 1.21 bits per heavy atom. The van der Waals surface area contributed by atoms with Gasteiger partial charge in [-0.1, -0.05) is 18.2 Å². The molecule has 2 heterocycles. The zero-order valence-corrected chi connectivity index (χ0v) is 10.9. The van der Waals surface area contributed by atoms with E-state index in [-0.39, 0.29) is 0 Å². The molecule has 0 unspecified atom stereocenters. The Hall–Kier alpha value is -2.20. The number of nitrogens with zero attached hydrogens (tertiary/aromatic N) is 2. The van der Waals surface area contributed by atoms with E-state index in [1.807, 2.05) is 0 Å². The van der Waals surface area contributed by atoms with Crippen LogP contribution in [0.5, 0.6) is 0 Å². The lowest BCUT2D eigenvalue weighted by Crippen LogP contribution is -2.04. The molecule has 0 amide bonds. The van der Waals surface area contributed by atoms with Crippen LogP contribution in [0.1, 0.15) is 11.3 Å². The molecule has 0 saturated heterocycles. The summed E-state index contributed by atoms with van der Waals surface area (Å²) in [6.45, 7) is 2.69. The van der Waals surface area contributed by atoms with Gasteiger partial charge in [0.2, 0.25) is 0 Å². The molecule has 2 aromatic heterocycles. The van der Waals surface area contributed by atoms with E-state index in [9.17, 15) is 0 Å². The summed E-state index contributed by atoms with van der Waals surface area (Å²) < 4.78 is 0. The molecule has 0 aliphatic carbocycles. The van der Waals surface area contributed by atoms with Crippen LogP contribution in [-0.4, -0.2) is 21.5 Å². The minimum atomic E-state index is 0.597. The molecule has 3 aromatic rings. The summed E-state index contributed by atoms with van der Waals surface area (Å²) >= 11 is 0. The Kier molecular flexibility index (Phi) is 3.01. The van der Waals surface area contributed by atoms with Gasteiger partial charge in [-0.25, -0.2) is 0 Å². The number of nitrogens with one attached hydrogen (secondary N) is 1. The van der Waals surface area contributed by atoms with Crippen LogP contribution in [-0.2, 0) is 6.42 Å². The number of hydrogen-bond donors (Lipinski definition) is 2. The predicted molar refractivity (Wildman–Crippen MR) is 76.8 cm³/mol. The molecule has 19 heavy (non-hydrogen) atoms. The van der Waals surface area contributed by atoms with Gasteiger partial charge < -0.3 is 10.7 Å². The number of aryl methyl sites for hydroxylation is 1. The van der Waals surface area contributed by atoms with E-state index < -0.39 is 0 Å². The number of nitrogens with two attached hydrogens (primary N) is 1. The summed E-state index contributed by atoms with van der Waals surface area (Å²) in [4.78, 5) is 12.2. The lowest BCUT2D eigenvalue weighted by molar-refractivity contribution is 0.909. The smallest absolute Gasteiger partial charge is 0.105 e. The molecule has 0 aliphatic heterocycles. The van der Waals surface area contributed by atoms with Crippen molar-refractivity contribution in [3.8, 4) is 11.4 Å². The van der Waals surface area contributed by atoms with Crippen molar-refractivity contribution in [3.63, 3.8) is 0 Å². The summed E-state index contributed by atoms with van der Waals surface area (Å²) in [7, 11) is 0. The van der Waals surface area contributed by atoms with Gasteiger partial charge in [0.25, 0.3) is 0 Å². The third-order valence-electron chi connectivity index (χ3n) is 3.25. The number of fused-ring (bicyclic) bond motifs is 1. The van der Waals surface area contributed by atoms with Crippen molar-refractivity contribution in [1.29, 1.82) is 0 Å². The van der Waals surface area contributed by atoms with Crippen molar-refractivity contribution in [2.45, 2.75) is 13.3 Å². The van der Waals surface area contributed by atoms with Crippen molar-refractivity contribution >= 4 is 10.9 Å². The molecule has 0 atom stereocenters. The highest BCUT2D eigenvalue weighted by Crippen LogP contribution is 2.24. The number of hydrogen-bond acceptors (Lipinski definition) is 3. The lowest BCUT2D eigenvalue weighted by atomic mass is 10.2. The second-order valence-electron chi connectivity index (χ2n) is 4.65. The maximum Gasteiger partial charge on any atom is 0.105 e. The molecule has 96 valence electrons. The van der Waals surface area contributed by atoms with E-state index in [0.717, 1.165) is 29.0 Å². The van der Waals surface area contributed by atoms with Gasteiger partial charge in [-0.15, -0.1) is 0 Å². The van der Waals surface area contributed by atoms with Crippen molar-refractivity contribution in [2.24, 2.45) is 5.73 Å². The van der Waals surface area contributed by atoms with Gasteiger partial charge in [0.05, 0.1) is 17.6 Å². The van der Waals surface area contributed by atoms with Gasteiger partial charge in [-0.2, -0.15) is 0 Å². The predicted octanol–water partition coefficient (Wildman–Crippen LogP) is 2.43. The number of para-hydroxylation sites is 1. The highest BCUT2D eigenvalue weighted by Gasteiger charge is 2.06. The number of H-pyrrole nitrogens is 1. The highest BCUT2D eigenvalue weighted by atomic mass is 14.8. The molecule has 4 nitrogen and oxygen atoms in total. The maximum absolute atomic E-state index is 5.50. The minimum absolute atomic E-state index is 0.597.